The highest BCUT2D eigenvalue weighted by molar-refractivity contribution is 7.79. The summed E-state index contributed by atoms with van der Waals surface area (Å²) in [4.78, 5) is 0. The Hall–Kier alpha value is -2.94. The van der Waals surface area contributed by atoms with Crippen LogP contribution in [0.1, 0.15) is 33.4 Å². The van der Waals surface area contributed by atoms with Gasteiger partial charge in [-0.05, 0) is 135 Å². The molecule has 0 spiro atoms. The Morgan fingerprint density at radius 2 is 0.769 bits per heavy atom. The van der Waals surface area contributed by atoms with Crippen LogP contribution in [0.5, 0.6) is 5.75 Å². The molecule has 0 heterocycles. The maximum Gasteiger partial charge on any atom is 0.115 e. The highest BCUT2D eigenvalue weighted by Gasteiger charge is 2.27. The van der Waals surface area contributed by atoms with Crippen LogP contribution in [0.15, 0.2) is 109 Å². The van der Waals surface area contributed by atoms with Crippen LogP contribution in [-0.2, 0) is 0 Å². The van der Waals surface area contributed by atoms with Gasteiger partial charge in [0, 0.05) is 0 Å². The van der Waals surface area contributed by atoms with Crippen molar-refractivity contribution in [1.29, 1.82) is 0 Å². The van der Waals surface area contributed by atoms with Crippen molar-refractivity contribution >= 4 is 23.8 Å². The molecular weight excluding hydrogens is 606 g/mol. The van der Waals surface area contributed by atoms with Gasteiger partial charge >= 0.3 is 0 Å². The average molecular weight is 645 g/mol. The molecular formula is C36H38IOP. The highest BCUT2D eigenvalue weighted by Crippen LogP contribution is 2.35. The fourth-order valence-corrected chi connectivity index (χ4v) is 7.69. The summed E-state index contributed by atoms with van der Waals surface area (Å²) in [6, 6.07) is 38.0. The van der Waals surface area contributed by atoms with E-state index in [2.05, 4.69) is 126 Å². The normalized spacial score (nSPS) is 10.4. The van der Waals surface area contributed by atoms with Crippen molar-refractivity contribution in [2.75, 3.05) is 0 Å². The number of benzene rings is 5. The lowest BCUT2D eigenvalue weighted by molar-refractivity contribution is -0.00000883. The first-order chi connectivity index (χ1) is 18.2. The Labute approximate surface area is 252 Å². The molecule has 0 saturated heterocycles. The van der Waals surface area contributed by atoms with Gasteiger partial charge in [0.1, 0.15) is 21.7 Å². The topological polar surface area (TPSA) is 20.2 Å². The molecule has 0 amide bonds. The summed E-state index contributed by atoms with van der Waals surface area (Å²) in [6.45, 7) is 13.2. The molecule has 1 nitrogen and oxygen atoms in total. The molecule has 0 bridgehead atoms. The second-order valence-electron chi connectivity index (χ2n) is 10.1. The first kappa shape index (κ1) is 30.6. The second kappa shape index (κ2) is 13.9. The molecule has 1 N–H and O–H groups in total. The summed E-state index contributed by atoms with van der Waals surface area (Å²) in [6.07, 6.45) is 0. The number of phenols is 1. The van der Waals surface area contributed by atoms with Crippen LogP contribution in [0.3, 0.4) is 0 Å². The Morgan fingerprint density at radius 1 is 0.436 bits per heavy atom. The van der Waals surface area contributed by atoms with Gasteiger partial charge in [-0.3, -0.25) is 0 Å². The smallest absolute Gasteiger partial charge is 0.115 e. The second-order valence-corrected chi connectivity index (χ2v) is 12.6. The van der Waals surface area contributed by atoms with E-state index in [-0.39, 0.29) is 24.0 Å². The summed E-state index contributed by atoms with van der Waals surface area (Å²) < 4.78 is 0. The van der Waals surface area contributed by atoms with E-state index in [0.717, 1.165) is 0 Å². The maximum atomic E-state index is 9.74. The van der Waals surface area contributed by atoms with Crippen molar-refractivity contribution in [3.63, 3.8) is 0 Å². The molecule has 5 aromatic carbocycles. The fraction of sp³-hybridized carbons (Fsp3) is 0.167. The molecule has 5 aromatic rings. The third-order valence-corrected chi connectivity index (χ3v) is 10.1. The molecule has 0 aliphatic rings. The number of phenolic OH excluding ortho intramolecular Hbond substituents is 1. The highest BCUT2D eigenvalue weighted by atomic mass is 127. The number of hydrogen-bond donors (Lipinski definition) is 1. The van der Waals surface area contributed by atoms with Gasteiger partial charge in [0.2, 0.25) is 0 Å². The van der Waals surface area contributed by atoms with Crippen molar-refractivity contribution in [2.45, 2.75) is 41.5 Å². The van der Waals surface area contributed by atoms with Gasteiger partial charge in [-0.25, -0.2) is 0 Å². The van der Waals surface area contributed by atoms with Gasteiger partial charge < -0.3 is 29.1 Å². The Kier molecular flexibility index (Phi) is 10.9. The van der Waals surface area contributed by atoms with Gasteiger partial charge in [0.25, 0.3) is 0 Å². The number of rotatable bonds is 4. The van der Waals surface area contributed by atoms with Gasteiger partial charge in [-0.15, -0.1) is 0 Å². The summed E-state index contributed by atoms with van der Waals surface area (Å²) >= 11 is 0. The zero-order valence-electron chi connectivity index (χ0n) is 23.7. The molecule has 0 atom stereocenters. The third kappa shape index (κ3) is 7.59. The fourth-order valence-electron chi connectivity index (χ4n) is 4.75. The SMILES string of the molecule is Cc1cc([PH+](c2ccc(O)cc2)c2cc(C)c(C)c(C)c2)cc(C)c1C.[I-].c1ccc(-c2ccccc2)cc1. The van der Waals surface area contributed by atoms with Crippen molar-refractivity contribution < 1.29 is 29.1 Å². The van der Waals surface area contributed by atoms with Crippen LogP contribution in [0.25, 0.3) is 11.1 Å². The molecule has 200 valence electrons. The number of halogens is 1. The van der Waals surface area contributed by atoms with Crippen molar-refractivity contribution in [2.24, 2.45) is 0 Å². The summed E-state index contributed by atoms with van der Waals surface area (Å²) in [5.41, 5.74) is 10.7. The van der Waals surface area contributed by atoms with Crippen LogP contribution < -0.4 is 39.9 Å². The van der Waals surface area contributed by atoms with Gasteiger partial charge in [-0.2, -0.15) is 0 Å². The van der Waals surface area contributed by atoms with E-state index in [9.17, 15) is 5.11 Å². The zero-order valence-corrected chi connectivity index (χ0v) is 26.9. The predicted molar refractivity (Wildman–Crippen MR) is 169 cm³/mol. The Bertz CT molecular complexity index is 1370. The van der Waals surface area contributed by atoms with Crippen molar-refractivity contribution in [3.8, 4) is 16.9 Å². The average Bonchev–Trinajstić information content (AvgIpc) is 2.93. The molecule has 0 aromatic heterocycles. The molecule has 0 aliphatic carbocycles. The van der Waals surface area contributed by atoms with Crippen LogP contribution >= 0.6 is 7.92 Å². The van der Waals surface area contributed by atoms with Crippen LogP contribution in [0, 0.1) is 41.5 Å². The van der Waals surface area contributed by atoms with E-state index < -0.39 is 7.92 Å². The first-order valence-corrected chi connectivity index (χ1v) is 14.7. The lowest BCUT2D eigenvalue weighted by Crippen LogP contribution is -3.00. The van der Waals surface area contributed by atoms with Gasteiger partial charge in [-0.1, -0.05) is 60.7 Å². The van der Waals surface area contributed by atoms with Crippen LogP contribution in [0.2, 0.25) is 0 Å². The molecule has 0 saturated carbocycles. The van der Waals surface area contributed by atoms with E-state index in [0.29, 0.717) is 5.75 Å². The standard InChI is InChI=1S/C24H27OP.C12H10.HI/c1-15-11-23(12-16(2)19(15)5)26(22-9-7-21(25)8-10-22)24-13-17(3)20(6)18(4)14-24;1-3-7-11(8-4-1)12-9-5-2-6-10-12;/h7-14,25H,1-6H3;1-10H;1H. The lowest BCUT2D eigenvalue weighted by Gasteiger charge is -2.16. The first-order valence-electron chi connectivity index (χ1n) is 13.2. The minimum atomic E-state index is -1.13. The number of hydrogen-bond acceptors (Lipinski definition) is 1. The van der Waals surface area contributed by atoms with Crippen LogP contribution in [-0.4, -0.2) is 5.11 Å². The molecule has 0 unspecified atom stereocenters. The maximum absolute atomic E-state index is 9.74. The van der Waals surface area contributed by atoms with Crippen molar-refractivity contribution in [1.82, 2.24) is 0 Å². The predicted octanol–water partition coefficient (Wildman–Crippen LogP) is 5.09. The Balaban J connectivity index is 0.000000270. The molecule has 5 rings (SSSR count). The van der Waals surface area contributed by atoms with E-state index in [1.807, 2.05) is 24.3 Å². The van der Waals surface area contributed by atoms with Gasteiger partial charge in [0.15, 0.2) is 0 Å². The van der Waals surface area contributed by atoms with E-state index >= 15 is 0 Å². The van der Waals surface area contributed by atoms with E-state index in [1.165, 1.54) is 60.4 Å². The van der Waals surface area contributed by atoms with Crippen molar-refractivity contribution in [3.05, 3.63) is 143 Å². The van der Waals surface area contributed by atoms with E-state index in [4.69, 9.17) is 0 Å². The monoisotopic (exact) mass is 644 g/mol. The number of aryl methyl sites for hydroxylation is 4. The van der Waals surface area contributed by atoms with E-state index in [1.54, 1.807) is 0 Å². The third-order valence-electron chi connectivity index (χ3n) is 7.47. The summed E-state index contributed by atoms with van der Waals surface area (Å²) in [5, 5.41) is 13.9. The summed E-state index contributed by atoms with van der Waals surface area (Å²) in [5.74, 6) is 0.322. The molecule has 0 radical (unpaired) electrons. The molecule has 0 aliphatic heterocycles. The van der Waals surface area contributed by atoms with Crippen LogP contribution in [0.4, 0.5) is 0 Å². The molecule has 3 heteroatoms. The lowest BCUT2D eigenvalue weighted by atomic mass is 10.0. The van der Waals surface area contributed by atoms with Gasteiger partial charge in [0.05, 0.1) is 7.92 Å². The zero-order chi connectivity index (χ0) is 27.2. The summed E-state index contributed by atoms with van der Waals surface area (Å²) in [7, 11) is -1.13. The minimum absolute atomic E-state index is 0. The Morgan fingerprint density at radius 3 is 1.10 bits per heavy atom. The quantitative estimate of drug-likeness (QED) is 0.214. The largest absolute Gasteiger partial charge is 1.00 e. The minimum Gasteiger partial charge on any atom is -1.00 e. The molecule has 39 heavy (non-hydrogen) atoms. The molecule has 0 fully saturated rings. The number of aromatic hydroxyl groups is 1.